The topological polar surface area (TPSA) is 106 Å². The Bertz CT molecular complexity index is 1350. The Labute approximate surface area is 211 Å². The third kappa shape index (κ3) is 4.40. The Hall–Kier alpha value is -3.55. The lowest BCUT2D eigenvalue weighted by Gasteiger charge is -2.35. The Morgan fingerprint density at radius 3 is 2.42 bits per heavy atom. The summed E-state index contributed by atoms with van der Waals surface area (Å²) in [7, 11) is 0. The summed E-state index contributed by atoms with van der Waals surface area (Å²) in [6.45, 7) is 14.2. The van der Waals surface area contributed by atoms with Crippen LogP contribution in [-0.4, -0.2) is 32.5 Å². The number of pyridine rings is 1. The highest BCUT2D eigenvalue weighted by Gasteiger charge is 2.42. The highest BCUT2D eigenvalue weighted by molar-refractivity contribution is 6.12. The highest BCUT2D eigenvalue weighted by Crippen LogP contribution is 2.36. The minimum Gasteiger partial charge on any atom is -0.322 e. The van der Waals surface area contributed by atoms with Gasteiger partial charge in [-0.2, -0.15) is 5.10 Å². The molecule has 0 saturated carbocycles. The van der Waals surface area contributed by atoms with Crippen molar-refractivity contribution < 1.29 is 14.4 Å². The third-order valence-electron chi connectivity index (χ3n) is 7.07. The van der Waals surface area contributed by atoms with Gasteiger partial charge in [-0.25, -0.2) is 9.67 Å². The number of piperidine rings is 1. The summed E-state index contributed by atoms with van der Waals surface area (Å²) in [6, 6.07) is 9.19. The van der Waals surface area contributed by atoms with Crippen LogP contribution in [0.2, 0.25) is 0 Å². The minimum atomic E-state index is -0.738. The number of imide groups is 1. The van der Waals surface area contributed by atoms with Crippen LogP contribution in [-0.2, 0) is 20.5 Å². The van der Waals surface area contributed by atoms with E-state index in [1.165, 1.54) is 0 Å². The largest absolute Gasteiger partial charge is 0.322 e. The minimum absolute atomic E-state index is 0.141. The Kier molecular flexibility index (Phi) is 6.49. The predicted molar refractivity (Wildman–Crippen MR) is 140 cm³/mol. The first-order valence-corrected chi connectivity index (χ1v) is 12.5. The summed E-state index contributed by atoms with van der Waals surface area (Å²) in [6.07, 6.45) is 1.38. The average molecular weight is 490 g/mol. The molecule has 1 fully saturated rings. The van der Waals surface area contributed by atoms with Crippen LogP contribution >= 0.6 is 0 Å². The summed E-state index contributed by atoms with van der Waals surface area (Å²) >= 11 is 0. The van der Waals surface area contributed by atoms with E-state index in [4.69, 9.17) is 10.1 Å². The number of nitrogens with one attached hydrogen (secondary N) is 2. The van der Waals surface area contributed by atoms with Gasteiger partial charge >= 0.3 is 0 Å². The van der Waals surface area contributed by atoms with E-state index in [1.54, 1.807) is 0 Å². The molecule has 4 rings (SSSR count). The summed E-state index contributed by atoms with van der Waals surface area (Å²) < 4.78 is 1.89. The first-order chi connectivity index (χ1) is 16.9. The van der Waals surface area contributed by atoms with Crippen molar-refractivity contribution in [3.8, 4) is 0 Å². The van der Waals surface area contributed by atoms with Gasteiger partial charge in [0.05, 0.1) is 27.6 Å². The summed E-state index contributed by atoms with van der Waals surface area (Å²) in [5.74, 6) is -0.588. The number of carbonyl (C=O) groups excluding carboxylic acids is 3. The van der Waals surface area contributed by atoms with Crippen molar-refractivity contribution in [2.45, 2.75) is 84.6 Å². The Balaban J connectivity index is 1.69. The fraction of sp³-hybridized carbons (Fsp3) is 0.464. The molecular formula is C28H35N5O3. The third-order valence-corrected chi connectivity index (χ3v) is 7.07. The molecule has 2 aromatic heterocycles. The number of aromatic nitrogens is 3. The molecule has 190 valence electrons. The van der Waals surface area contributed by atoms with Crippen LogP contribution in [0.15, 0.2) is 30.3 Å². The van der Waals surface area contributed by atoms with Crippen LogP contribution in [0, 0.1) is 6.92 Å². The van der Waals surface area contributed by atoms with E-state index in [2.05, 4.69) is 45.3 Å². The second-order valence-electron chi connectivity index (χ2n) is 11.0. The molecule has 0 bridgehead atoms. The number of fused-ring (bicyclic) bond motifs is 1. The molecule has 0 radical (unpaired) electrons. The molecule has 8 nitrogen and oxygen atoms in total. The Morgan fingerprint density at radius 2 is 1.86 bits per heavy atom. The van der Waals surface area contributed by atoms with Crippen LogP contribution in [0.25, 0.3) is 11.0 Å². The number of hydrogen-bond acceptors (Lipinski definition) is 5. The molecule has 3 amide bonds. The normalized spacial score (nSPS) is 18.6. The van der Waals surface area contributed by atoms with Crippen LogP contribution in [0.1, 0.15) is 94.0 Å². The van der Waals surface area contributed by atoms with Crippen LogP contribution in [0.3, 0.4) is 0 Å². The van der Waals surface area contributed by atoms with Crippen molar-refractivity contribution >= 4 is 34.4 Å². The molecule has 1 aliphatic rings. The van der Waals surface area contributed by atoms with Crippen LogP contribution in [0.4, 0.5) is 5.69 Å². The van der Waals surface area contributed by atoms with Crippen molar-refractivity contribution in [2.24, 2.45) is 0 Å². The van der Waals surface area contributed by atoms with Gasteiger partial charge in [0.15, 0.2) is 5.65 Å². The van der Waals surface area contributed by atoms with Gasteiger partial charge in [0.25, 0.3) is 5.91 Å². The smallest absolute Gasteiger partial charge is 0.256 e. The first-order valence-electron chi connectivity index (χ1n) is 12.5. The van der Waals surface area contributed by atoms with Gasteiger partial charge in [0.1, 0.15) is 0 Å². The van der Waals surface area contributed by atoms with Crippen molar-refractivity contribution in [3.63, 3.8) is 0 Å². The SMILES string of the molecule is CCC1(c2ccc(NC(=O)c3cc(C(C)C)nc4c3c(C)nn4C(C)(C)C)cc2)CCC(=O)NC1=O. The van der Waals surface area contributed by atoms with Gasteiger partial charge in [-0.1, -0.05) is 32.9 Å². The molecule has 0 spiro atoms. The maximum atomic E-state index is 13.5. The second kappa shape index (κ2) is 9.15. The number of carbonyl (C=O) groups is 3. The molecule has 1 atom stereocenters. The molecule has 1 saturated heterocycles. The van der Waals surface area contributed by atoms with E-state index in [9.17, 15) is 14.4 Å². The van der Waals surface area contributed by atoms with Gasteiger partial charge in [0.2, 0.25) is 11.8 Å². The van der Waals surface area contributed by atoms with E-state index in [1.807, 2.05) is 48.9 Å². The van der Waals surface area contributed by atoms with Crippen molar-refractivity contribution in [1.29, 1.82) is 0 Å². The van der Waals surface area contributed by atoms with E-state index >= 15 is 0 Å². The standard InChI is InChI=1S/C28H35N5O3/c1-8-28(14-13-22(34)31-26(28)36)18-9-11-19(12-10-18)29-25(35)20-15-21(16(2)3)30-24-23(20)17(4)32-33(24)27(5,6)7/h9-12,15-16H,8,13-14H2,1-7H3,(H,29,35)(H,31,34,36). The van der Waals surface area contributed by atoms with E-state index in [-0.39, 0.29) is 29.2 Å². The molecule has 3 aromatic rings. The summed E-state index contributed by atoms with van der Waals surface area (Å²) in [5, 5.41) is 11.0. The van der Waals surface area contributed by atoms with Crippen molar-refractivity contribution in [1.82, 2.24) is 20.1 Å². The number of hydrogen-bond donors (Lipinski definition) is 2. The fourth-order valence-corrected chi connectivity index (χ4v) is 4.89. The van der Waals surface area contributed by atoms with Gasteiger partial charge in [0, 0.05) is 17.8 Å². The average Bonchev–Trinajstić information content (AvgIpc) is 3.16. The number of amides is 3. The molecule has 36 heavy (non-hydrogen) atoms. The molecule has 1 aliphatic heterocycles. The number of anilines is 1. The molecule has 1 unspecified atom stereocenters. The first kappa shape index (κ1) is 25.5. The van der Waals surface area contributed by atoms with E-state index in [0.29, 0.717) is 36.2 Å². The quantitative estimate of drug-likeness (QED) is 0.493. The lowest BCUT2D eigenvalue weighted by atomic mass is 9.72. The summed E-state index contributed by atoms with van der Waals surface area (Å²) in [4.78, 5) is 42.8. The van der Waals surface area contributed by atoms with Gasteiger partial charge in [-0.05, 0) is 70.2 Å². The molecule has 8 heteroatoms. The zero-order chi connectivity index (χ0) is 26.4. The van der Waals surface area contributed by atoms with Crippen molar-refractivity contribution in [2.75, 3.05) is 5.32 Å². The molecule has 1 aromatic carbocycles. The van der Waals surface area contributed by atoms with Crippen LogP contribution in [0.5, 0.6) is 0 Å². The lowest BCUT2D eigenvalue weighted by Crippen LogP contribution is -2.51. The highest BCUT2D eigenvalue weighted by atomic mass is 16.2. The number of aryl methyl sites for hydroxylation is 1. The number of rotatable bonds is 5. The van der Waals surface area contributed by atoms with E-state index < -0.39 is 5.41 Å². The summed E-state index contributed by atoms with van der Waals surface area (Å²) in [5.41, 5.74) is 3.26. The molecule has 2 N–H and O–H groups in total. The zero-order valence-electron chi connectivity index (χ0n) is 22.2. The van der Waals surface area contributed by atoms with Gasteiger partial charge in [-0.15, -0.1) is 0 Å². The maximum absolute atomic E-state index is 13.5. The van der Waals surface area contributed by atoms with E-state index in [0.717, 1.165) is 22.3 Å². The zero-order valence-corrected chi connectivity index (χ0v) is 22.2. The van der Waals surface area contributed by atoms with Gasteiger partial charge < -0.3 is 5.32 Å². The lowest BCUT2D eigenvalue weighted by molar-refractivity contribution is -0.138. The second-order valence-corrected chi connectivity index (χ2v) is 11.0. The molecular weight excluding hydrogens is 454 g/mol. The van der Waals surface area contributed by atoms with Gasteiger partial charge in [-0.3, -0.25) is 19.7 Å². The predicted octanol–water partition coefficient (Wildman–Crippen LogP) is 4.95. The number of nitrogens with zero attached hydrogens (tertiary/aromatic N) is 3. The van der Waals surface area contributed by atoms with Crippen molar-refractivity contribution in [3.05, 3.63) is 52.8 Å². The maximum Gasteiger partial charge on any atom is 0.256 e. The molecule has 3 heterocycles. The monoisotopic (exact) mass is 489 g/mol. The molecule has 0 aliphatic carbocycles. The Morgan fingerprint density at radius 1 is 1.19 bits per heavy atom. The van der Waals surface area contributed by atoms with Crippen LogP contribution < -0.4 is 10.6 Å². The fourth-order valence-electron chi connectivity index (χ4n) is 4.89. The number of benzene rings is 1.